The molecule has 1 fully saturated rings. The third kappa shape index (κ3) is 2.75. The number of para-hydroxylation sites is 1. The van der Waals surface area contributed by atoms with Crippen molar-refractivity contribution in [2.75, 3.05) is 11.5 Å². The van der Waals surface area contributed by atoms with E-state index in [2.05, 4.69) is 0 Å². The maximum Gasteiger partial charge on any atom is 0.311 e. The number of carbonyl (C=O) groups is 1. The maximum absolute atomic E-state index is 11.4. The van der Waals surface area contributed by atoms with Crippen LogP contribution in [0.25, 0.3) is 0 Å². The molecule has 1 aliphatic rings. The van der Waals surface area contributed by atoms with Crippen molar-refractivity contribution in [1.82, 2.24) is 0 Å². The van der Waals surface area contributed by atoms with E-state index < -0.39 is 11.9 Å². The van der Waals surface area contributed by atoms with Crippen LogP contribution in [-0.2, 0) is 4.79 Å². The molecule has 0 aliphatic carbocycles. The third-order valence-electron chi connectivity index (χ3n) is 3.20. The normalized spacial score (nSPS) is 22.0. The van der Waals surface area contributed by atoms with E-state index in [1.165, 1.54) is 0 Å². The summed E-state index contributed by atoms with van der Waals surface area (Å²) in [5.41, 5.74) is 0.549. The number of rotatable bonds is 3. The molecular weight excluding hydrogens is 236 g/mol. The highest BCUT2D eigenvalue weighted by Gasteiger charge is 2.32. The van der Waals surface area contributed by atoms with E-state index in [0.29, 0.717) is 5.56 Å². The van der Waals surface area contributed by atoms with E-state index in [-0.39, 0.29) is 11.7 Å². The Kier molecular flexibility index (Phi) is 3.94. The Bertz CT molecular complexity index is 399. The number of hydrogen-bond donors (Lipinski definition) is 2. The van der Waals surface area contributed by atoms with Crippen molar-refractivity contribution in [3.63, 3.8) is 0 Å². The number of aliphatic carboxylic acids is 1. The van der Waals surface area contributed by atoms with Gasteiger partial charge in [-0.1, -0.05) is 18.2 Å². The second kappa shape index (κ2) is 5.45. The summed E-state index contributed by atoms with van der Waals surface area (Å²) in [4.78, 5) is 11.4. The van der Waals surface area contributed by atoms with Crippen molar-refractivity contribution < 1.29 is 15.0 Å². The second-order valence-electron chi connectivity index (χ2n) is 4.35. The van der Waals surface area contributed by atoms with Gasteiger partial charge < -0.3 is 10.2 Å². The van der Waals surface area contributed by atoms with Crippen LogP contribution in [0, 0.1) is 5.92 Å². The van der Waals surface area contributed by atoms with Gasteiger partial charge in [-0.25, -0.2) is 0 Å². The number of aromatic hydroxyl groups is 1. The Morgan fingerprint density at radius 1 is 1.41 bits per heavy atom. The number of thioether (sulfide) groups is 1. The van der Waals surface area contributed by atoms with Crippen molar-refractivity contribution in [1.29, 1.82) is 0 Å². The fourth-order valence-corrected chi connectivity index (χ4v) is 3.57. The molecule has 1 aromatic rings. The van der Waals surface area contributed by atoms with Gasteiger partial charge in [-0.15, -0.1) is 0 Å². The zero-order valence-corrected chi connectivity index (χ0v) is 10.3. The number of phenols is 1. The lowest BCUT2D eigenvalue weighted by atomic mass is 9.84. The Morgan fingerprint density at radius 2 is 2.18 bits per heavy atom. The lowest BCUT2D eigenvalue weighted by Crippen LogP contribution is -2.25. The number of carboxylic acids is 1. The highest BCUT2D eigenvalue weighted by atomic mass is 32.2. The molecular formula is C13H16O3S. The second-order valence-corrected chi connectivity index (χ2v) is 5.50. The number of benzene rings is 1. The Balaban J connectivity index is 2.28. The van der Waals surface area contributed by atoms with Crippen LogP contribution in [0.4, 0.5) is 0 Å². The fourth-order valence-electron chi connectivity index (χ4n) is 2.37. The number of carboxylic acid groups (broad SMARTS) is 1. The molecule has 0 saturated carbocycles. The summed E-state index contributed by atoms with van der Waals surface area (Å²) >= 11 is 1.80. The molecule has 0 radical (unpaired) electrons. The molecule has 2 N–H and O–H groups in total. The van der Waals surface area contributed by atoms with Crippen LogP contribution in [0.5, 0.6) is 5.75 Å². The van der Waals surface area contributed by atoms with Crippen LogP contribution in [0.2, 0.25) is 0 Å². The average Bonchev–Trinajstić information content (AvgIpc) is 2.33. The summed E-state index contributed by atoms with van der Waals surface area (Å²) in [6, 6.07) is 6.77. The minimum Gasteiger partial charge on any atom is -0.508 e. The lowest BCUT2D eigenvalue weighted by molar-refractivity contribution is -0.140. The summed E-state index contributed by atoms with van der Waals surface area (Å²) in [5, 5.41) is 19.2. The minimum atomic E-state index is -0.834. The molecule has 1 heterocycles. The van der Waals surface area contributed by atoms with Gasteiger partial charge in [0, 0.05) is 5.56 Å². The van der Waals surface area contributed by atoms with Gasteiger partial charge in [0.25, 0.3) is 0 Å². The van der Waals surface area contributed by atoms with E-state index in [1.807, 2.05) is 0 Å². The third-order valence-corrected chi connectivity index (χ3v) is 4.45. The summed E-state index contributed by atoms with van der Waals surface area (Å²) in [7, 11) is 0. The molecule has 0 aromatic heterocycles. The summed E-state index contributed by atoms with van der Waals surface area (Å²) in [6.07, 6.45) is 1.99. The maximum atomic E-state index is 11.4. The molecule has 4 heteroatoms. The first-order valence-electron chi connectivity index (χ1n) is 5.78. The van der Waals surface area contributed by atoms with Gasteiger partial charge in [0.1, 0.15) is 5.75 Å². The first-order chi connectivity index (χ1) is 8.20. The highest BCUT2D eigenvalue weighted by Crippen LogP contribution is 2.38. The molecule has 0 amide bonds. The molecule has 1 saturated heterocycles. The molecule has 3 nitrogen and oxygen atoms in total. The average molecular weight is 252 g/mol. The molecule has 2 unspecified atom stereocenters. The Morgan fingerprint density at radius 3 is 2.76 bits per heavy atom. The van der Waals surface area contributed by atoms with E-state index in [1.54, 1.807) is 36.0 Å². The van der Waals surface area contributed by atoms with E-state index in [4.69, 9.17) is 0 Å². The van der Waals surface area contributed by atoms with Crippen LogP contribution >= 0.6 is 11.8 Å². The van der Waals surface area contributed by atoms with Gasteiger partial charge in [-0.05, 0) is 36.3 Å². The molecule has 17 heavy (non-hydrogen) atoms. The van der Waals surface area contributed by atoms with Crippen LogP contribution in [-0.4, -0.2) is 27.7 Å². The highest BCUT2D eigenvalue weighted by molar-refractivity contribution is 7.99. The van der Waals surface area contributed by atoms with Gasteiger partial charge >= 0.3 is 5.97 Å². The van der Waals surface area contributed by atoms with Crippen molar-refractivity contribution >= 4 is 17.7 Å². The van der Waals surface area contributed by atoms with Gasteiger partial charge in [-0.3, -0.25) is 4.79 Å². The largest absolute Gasteiger partial charge is 0.508 e. The molecule has 92 valence electrons. The van der Waals surface area contributed by atoms with Gasteiger partial charge in [0.2, 0.25) is 0 Å². The molecule has 1 aliphatic heterocycles. The van der Waals surface area contributed by atoms with Crippen LogP contribution in [0.1, 0.15) is 24.3 Å². The molecule has 2 rings (SSSR count). The van der Waals surface area contributed by atoms with Gasteiger partial charge in [0.05, 0.1) is 5.92 Å². The SMILES string of the molecule is O=C(O)C(c1ccccc1O)C1CCCSC1. The standard InChI is InChI=1S/C13H16O3S/c14-11-6-2-1-5-10(11)12(13(15)16)9-4-3-7-17-8-9/h1-2,5-6,9,12,14H,3-4,7-8H2,(H,15,16). The summed E-state index contributed by atoms with van der Waals surface area (Å²) in [6.45, 7) is 0. The predicted molar refractivity (Wildman–Crippen MR) is 68.5 cm³/mol. The first kappa shape index (κ1) is 12.3. The van der Waals surface area contributed by atoms with Crippen molar-refractivity contribution in [3.05, 3.63) is 29.8 Å². The number of hydrogen-bond acceptors (Lipinski definition) is 3. The summed E-state index contributed by atoms with van der Waals surface area (Å²) < 4.78 is 0. The molecule has 1 aromatic carbocycles. The Hall–Kier alpha value is -1.16. The molecule has 0 spiro atoms. The minimum absolute atomic E-state index is 0.0930. The van der Waals surface area contributed by atoms with E-state index in [9.17, 15) is 15.0 Å². The lowest BCUT2D eigenvalue weighted by Gasteiger charge is -2.27. The predicted octanol–water partition coefficient (Wildman–Crippen LogP) is 2.70. The van der Waals surface area contributed by atoms with Crippen LogP contribution in [0.15, 0.2) is 24.3 Å². The monoisotopic (exact) mass is 252 g/mol. The summed E-state index contributed by atoms with van der Waals surface area (Å²) in [5.74, 6) is 0.785. The van der Waals surface area contributed by atoms with Crippen molar-refractivity contribution in [2.45, 2.75) is 18.8 Å². The Labute approximate surface area is 105 Å². The van der Waals surface area contributed by atoms with Gasteiger partial charge in [0.15, 0.2) is 0 Å². The molecule has 0 bridgehead atoms. The quantitative estimate of drug-likeness (QED) is 0.868. The topological polar surface area (TPSA) is 57.5 Å². The van der Waals surface area contributed by atoms with E-state index in [0.717, 1.165) is 24.3 Å². The van der Waals surface area contributed by atoms with Crippen LogP contribution < -0.4 is 0 Å². The zero-order valence-electron chi connectivity index (χ0n) is 9.50. The molecule has 2 atom stereocenters. The van der Waals surface area contributed by atoms with Gasteiger partial charge in [-0.2, -0.15) is 11.8 Å². The zero-order chi connectivity index (χ0) is 12.3. The number of phenolic OH excluding ortho intramolecular Hbond substituents is 1. The van der Waals surface area contributed by atoms with Crippen LogP contribution in [0.3, 0.4) is 0 Å². The van der Waals surface area contributed by atoms with Crippen molar-refractivity contribution in [2.24, 2.45) is 5.92 Å². The van der Waals surface area contributed by atoms with E-state index >= 15 is 0 Å². The van der Waals surface area contributed by atoms with Crippen molar-refractivity contribution in [3.8, 4) is 5.75 Å². The fraction of sp³-hybridized carbons (Fsp3) is 0.462. The first-order valence-corrected chi connectivity index (χ1v) is 6.94. The smallest absolute Gasteiger partial charge is 0.311 e.